The van der Waals surface area contributed by atoms with Crippen molar-refractivity contribution in [2.75, 3.05) is 13.2 Å². The van der Waals surface area contributed by atoms with Crippen molar-refractivity contribution in [3.63, 3.8) is 0 Å². The molecule has 0 saturated carbocycles. The molecule has 0 saturated heterocycles. The number of hydrogen-bond donors (Lipinski definition) is 1. The number of hydrogen-bond acceptors (Lipinski definition) is 2. The minimum Gasteiger partial charge on any atom is -0.493 e. The Labute approximate surface area is 108 Å². The van der Waals surface area contributed by atoms with Crippen LogP contribution in [0.15, 0.2) is 18.2 Å². The molecule has 0 radical (unpaired) electrons. The molecule has 18 heavy (non-hydrogen) atoms. The summed E-state index contributed by atoms with van der Waals surface area (Å²) < 4.78 is 18.9. The van der Waals surface area contributed by atoms with Crippen LogP contribution in [0.25, 0.3) is 0 Å². The van der Waals surface area contributed by atoms with Crippen molar-refractivity contribution in [2.45, 2.75) is 26.7 Å². The maximum absolute atomic E-state index is 13.3. The van der Waals surface area contributed by atoms with Gasteiger partial charge in [0, 0.05) is 11.6 Å². The molecule has 3 heteroatoms. The van der Waals surface area contributed by atoms with Crippen molar-refractivity contribution < 1.29 is 14.2 Å². The van der Waals surface area contributed by atoms with Gasteiger partial charge in [-0.15, -0.1) is 0 Å². The topological polar surface area (TPSA) is 29.5 Å². The normalized spacial score (nSPS) is 10.1. The lowest BCUT2D eigenvalue weighted by Gasteiger charge is -2.13. The second kappa shape index (κ2) is 7.73. The average molecular weight is 250 g/mol. The number of aliphatic hydroxyl groups excluding tert-OH is 1. The molecule has 2 nitrogen and oxygen atoms in total. The highest BCUT2D eigenvalue weighted by Crippen LogP contribution is 2.18. The fourth-order valence-electron chi connectivity index (χ4n) is 1.60. The first-order valence-corrected chi connectivity index (χ1v) is 6.22. The number of aliphatic hydroxyl groups is 1. The smallest absolute Gasteiger partial charge is 0.128 e. The van der Waals surface area contributed by atoms with Gasteiger partial charge in [0.05, 0.1) is 6.61 Å². The van der Waals surface area contributed by atoms with Gasteiger partial charge in [0.15, 0.2) is 0 Å². The molecule has 0 aromatic heterocycles. The van der Waals surface area contributed by atoms with Crippen LogP contribution in [0.3, 0.4) is 0 Å². The molecule has 1 aromatic rings. The van der Waals surface area contributed by atoms with Crippen molar-refractivity contribution in [1.82, 2.24) is 0 Å². The van der Waals surface area contributed by atoms with Gasteiger partial charge in [0.1, 0.15) is 18.2 Å². The monoisotopic (exact) mass is 250 g/mol. The minimum atomic E-state index is -0.376. The van der Waals surface area contributed by atoms with Crippen molar-refractivity contribution in [3.8, 4) is 17.6 Å². The van der Waals surface area contributed by atoms with Crippen molar-refractivity contribution in [2.24, 2.45) is 5.92 Å². The molecule has 1 aromatic carbocycles. The van der Waals surface area contributed by atoms with Crippen LogP contribution in [0, 0.1) is 23.6 Å². The van der Waals surface area contributed by atoms with Crippen molar-refractivity contribution in [3.05, 3.63) is 29.6 Å². The molecule has 0 aliphatic rings. The van der Waals surface area contributed by atoms with E-state index in [4.69, 9.17) is 9.84 Å². The first kappa shape index (κ1) is 14.5. The summed E-state index contributed by atoms with van der Waals surface area (Å²) in [5, 5.41) is 8.61. The first-order valence-electron chi connectivity index (χ1n) is 6.22. The van der Waals surface area contributed by atoms with E-state index in [1.165, 1.54) is 12.1 Å². The molecule has 0 aliphatic carbocycles. The van der Waals surface area contributed by atoms with E-state index >= 15 is 0 Å². The number of rotatable bonds is 5. The molecule has 0 fully saturated rings. The van der Waals surface area contributed by atoms with E-state index in [1.807, 2.05) is 0 Å². The largest absolute Gasteiger partial charge is 0.493 e. The molecule has 0 amide bonds. The van der Waals surface area contributed by atoms with Crippen LogP contribution in [0.1, 0.15) is 32.3 Å². The zero-order chi connectivity index (χ0) is 13.4. The molecule has 0 aliphatic heterocycles. The SMILES string of the molecule is CCC(CC)COc1cc(F)cc(C#CCO)c1. The Morgan fingerprint density at radius 3 is 2.61 bits per heavy atom. The Hall–Kier alpha value is -1.53. The van der Waals surface area contributed by atoms with E-state index in [0.717, 1.165) is 12.8 Å². The molecule has 1 N–H and O–H groups in total. The Balaban J connectivity index is 2.73. The van der Waals surface area contributed by atoms with E-state index in [-0.39, 0.29) is 12.4 Å². The summed E-state index contributed by atoms with van der Waals surface area (Å²) in [6.45, 7) is 4.58. The summed E-state index contributed by atoms with van der Waals surface area (Å²) in [7, 11) is 0. The van der Waals surface area contributed by atoms with Gasteiger partial charge in [0.25, 0.3) is 0 Å². The fraction of sp³-hybridized carbons (Fsp3) is 0.467. The molecule has 0 bridgehead atoms. The highest BCUT2D eigenvalue weighted by molar-refractivity contribution is 5.40. The molecule has 1 rings (SSSR count). The highest BCUT2D eigenvalue weighted by atomic mass is 19.1. The predicted molar refractivity (Wildman–Crippen MR) is 69.9 cm³/mol. The third-order valence-electron chi connectivity index (χ3n) is 2.82. The van der Waals surface area contributed by atoms with Crippen LogP contribution < -0.4 is 4.74 Å². The lowest BCUT2D eigenvalue weighted by Crippen LogP contribution is -2.10. The molecular weight excluding hydrogens is 231 g/mol. The lowest BCUT2D eigenvalue weighted by molar-refractivity contribution is 0.239. The van der Waals surface area contributed by atoms with E-state index in [9.17, 15) is 4.39 Å². The Kier molecular flexibility index (Phi) is 6.24. The number of ether oxygens (including phenoxy) is 1. The van der Waals surface area contributed by atoms with Crippen LogP contribution in [0.5, 0.6) is 5.75 Å². The minimum absolute atomic E-state index is 0.236. The summed E-state index contributed by atoms with van der Waals surface area (Å²) in [6, 6.07) is 4.37. The van der Waals surface area contributed by atoms with Crippen molar-refractivity contribution >= 4 is 0 Å². The van der Waals surface area contributed by atoms with Gasteiger partial charge in [-0.1, -0.05) is 38.5 Å². The summed E-state index contributed by atoms with van der Waals surface area (Å²) in [5.41, 5.74) is 0.517. The standard InChI is InChI=1S/C15H19FO2/c1-3-12(4-2)11-18-15-9-13(6-5-7-17)8-14(16)10-15/h8-10,12,17H,3-4,7,11H2,1-2H3. The Morgan fingerprint density at radius 2 is 2.00 bits per heavy atom. The maximum Gasteiger partial charge on any atom is 0.128 e. The Morgan fingerprint density at radius 1 is 1.28 bits per heavy atom. The fourth-order valence-corrected chi connectivity index (χ4v) is 1.60. The highest BCUT2D eigenvalue weighted by Gasteiger charge is 2.06. The molecule has 0 spiro atoms. The van der Waals surface area contributed by atoms with Gasteiger partial charge in [-0.2, -0.15) is 0 Å². The van der Waals surface area contributed by atoms with Gasteiger partial charge < -0.3 is 9.84 Å². The molecule has 0 heterocycles. The van der Waals surface area contributed by atoms with Crippen LogP contribution in [0.4, 0.5) is 4.39 Å². The zero-order valence-corrected chi connectivity index (χ0v) is 10.9. The first-order chi connectivity index (χ1) is 8.69. The second-order valence-corrected chi connectivity index (χ2v) is 4.13. The summed E-state index contributed by atoms with van der Waals surface area (Å²) in [6.07, 6.45) is 2.09. The second-order valence-electron chi connectivity index (χ2n) is 4.13. The number of benzene rings is 1. The third kappa shape index (κ3) is 4.77. The van der Waals surface area contributed by atoms with E-state index in [1.54, 1.807) is 6.07 Å². The summed E-state index contributed by atoms with van der Waals surface area (Å²) >= 11 is 0. The van der Waals surface area contributed by atoms with E-state index < -0.39 is 0 Å². The van der Waals surface area contributed by atoms with Crippen LogP contribution in [0.2, 0.25) is 0 Å². The molecule has 98 valence electrons. The maximum atomic E-state index is 13.3. The zero-order valence-electron chi connectivity index (χ0n) is 10.9. The predicted octanol–water partition coefficient (Wildman–Crippen LogP) is 2.98. The quantitative estimate of drug-likeness (QED) is 0.814. The van der Waals surface area contributed by atoms with E-state index in [0.29, 0.717) is 23.8 Å². The van der Waals surface area contributed by atoms with Crippen LogP contribution in [-0.4, -0.2) is 18.3 Å². The Bertz CT molecular complexity index is 428. The van der Waals surface area contributed by atoms with Gasteiger partial charge >= 0.3 is 0 Å². The summed E-state index contributed by atoms with van der Waals surface area (Å²) in [5.74, 6) is 5.76. The summed E-state index contributed by atoms with van der Waals surface area (Å²) in [4.78, 5) is 0. The van der Waals surface area contributed by atoms with Gasteiger partial charge in [-0.05, 0) is 18.1 Å². The van der Waals surface area contributed by atoms with Crippen LogP contribution >= 0.6 is 0 Å². The lowest BCUT2D eigenvalue weighted by atomic mass is 10.1. The van der Waals surface area contributed by atoms with Crippen molar-refractivity contribution in [1.29, 1.82) is 0 Å². The third-order valence-corrected chi connectivity index (χ3v) is 2.82. The average Bonchev–Trinajstić information content (AvgIpc) is 2.37. The van der Waals surface area contributed by atoms with Gasteiger partial charge in [-0.25, -0.2) is 4.39 Å². The van der Waals surface area contributed by atoms with Gasteiger partial charge in [0.2, 0.25) is 0 Å². The van der Waals surface area contributed by atoms with Gasteiger partial charge in [-0.3, -0.25) is 0 Å². The van der Waals surface area contributed by atoms with Crippen LogP contribution in [-0.2, 0) is 0 Å². The van der Waals surface area contributed by atoms with E-state index in [2.05, 4.69) is 25.7 Å². The number of halogens is 1. The molecular formula is C15H19FO2. The molecule has 0 unspecified atom stereocenters. The molecule has 0 atom stereocenters.